The molecule has 3 rings (SSSR count). The van der Waals surface area contributed by atoms with Gasteiger partial charge in [-0.25, -0.2) is 0 Å². The van der Waals surface area contributed by atoms with Gasteiger partial charge in [0.25, 0.3) is 0 Å². The van der Waals surface area contributed by atoms with Crippen molar-refractivity contribution in [2.45, 2.75) is 57.2 Å². The highest BCUT2D eigenvalue weighted by molar-refractivity contribution is 5.82. The fraction of sp³-hybridized carbons (Fsp3) is 0.800. The first-order valence-corrected chi connectivity index (χ1v) is 7.36. The summed E-state index contributed by atoms with van der Waals surface area (Å²) in [6.45, 7) is 4.51. The normalized spacial score (nSPS) is 37.0. The van der Waals surface area contributed by atoms with E-state index in [9.17, 15) is 4.79 Å². The fourth-order valence-electron chi connectivity index (χ4n) is 3.89. The summed E-state index contributed by atoms with van der Waals surface area (Å²) >= 11 is 0. The van der Waals surface area contributed by atoms with Crippen molar-refractivity contribution in [3.05, 3.63) is 12.7 Å². The Kier molecular flexibility index (Phi) is 3.42. The molecule has 3 aliphatic rings. The topological polar surface area (TPSA) is 29.5 Å². The SMILES string of the molecule is C=CC[C@H]1CC2COC(C3CCCCC3)N2C1=O. The third kappa shape index (κ3) is 1.99. The molecule has 0 aromatic carbocycles. The highest BCUT2D eigenvalue weighted by Crippen LogP contribution is 2.40. The van der Waals surface area contributed by atoms with Crippen LogP contribution in [0.25, 0.3) is 0 Å². The lowest BCUT2D eigenvalue weighted by Crippen LogP contribution is -2.42. The number of ether oxygens (including phenoxy) is 1. The van der Waals surface area contributed by atoms with E-state index in [1.807, 2.05) is 6.08 Å². The number of carbonyl (C=O) groups is 1. The van der Waals surface area contributed by atoms with E-state index in [-0.39, 0.29) is 12.1 Å². The lowest BCUT2D eigenvalue weighted by Gasteiger charge is -2.32. The molecular weight excluding hydrogens is 226 g/mol. The van der Waals surface area contributed by atoms with E-state index in [0.717, 1.165) is 19.4 Å². The maximum absolute atomic E-state index is 12.4. The molecule has 2 aliphatic heterocycles. The molecule has 3 atom stereocenters. The molecule has 3 fully saturated rings. The number of hydrogen-bond donors (Lipinski definition) is 0. The second-order valence-corrected chi connectivity index (χ2v) is 5.98. The number of carbonyl (C=O) groups excluding carboxylic acids is 1. The monoisotopic (exact) mass is 249 g/mol. The van der Waals surface area contributed by atoms with Crippen LogP contribution in [-0.2, 0) is 9.53 Å². The van der Waals surface area contributed by atoms with Gasteiger partial charge in [0.15, 0.2) is 0 Å². The van der Waals surface area contributed by atoms with Crippen LogP contribution in [0, 0.1) is 11.8 Å². The molecule has 1 saturated carbocycles. The van der Waals surface area contributed by atoms with Crippen LogP contribution in [0.2, 0.25) is 0 Å². The number of hydrogen-bond acceptors (Lipinski definition) is 2. The second-order valence-electron chi connectivity index (χ2n) is 5.98. The Morgan fingerprint density at radius 1 is 1.33 bits per heavy atom. The average molecular weight is 249 g/mol. The van der Waals surface area contributed by atoms with E-state index in [0.29, 0.717) is 17.9 Å². The lowest BCUT2D eigenvalue weighted by atomic mass is 9.87. The Hall–Kier alpha value is -0.830. The summed E-state index contributed by atoms with van der Waals surface area (Å²) in [6.07, 6.45) is 10.1. The molecule has 2 unspecified atom stereocenters. The van der Waals surface area contributed by atoms with Gasteiger partial charge < -0.3 is 9.64 Å². The molecule has 0 bridgehead atoms. The molecule has 100 valence electrons. The summed E-state index contributed by atoms with van der Waals surface area (Å²) in [7, 11) is 0. The molecule has 2 heterocycles. The van der Waals surface area contributed by atoms with Gasteiger partial charge >= 0.3 is 0 Å². The minimum absolute atomic E-state index is 0.0811. The summed E-state index contributed by atoms with van der Waals surface area (Å²) in [5.41, 5.74) is 0. The Morgan fingerprint density at radius 2 is 2.11 bits per heavy atom. The maximum Gasteiger partial charge on any atom is 0.228 e. The van der Waals surface area contributed by atoms with Crippen molar-refractivity contribution in [2.24, 2.45) is 11.8 Å². The molecular formula is C15H23NO2. The van der Waals surface area contributed by atoms with Gasteiger partial charge in [-0.3, -0.25) is 4.79 Å². The highest BCUT2D eigenvalue weighted by Gasteiger charge is 2.49. The van der Waals surface area contributed by atoms with Crippen molar-refractivity contribution in [2.75, 3.05) is 6.61 Å². The fourth-order valence-corrected chi connectivity index (χ4v) is 3.89. The molecule has 1 aliphatic carbocycles. The van der Waals surface area contributed by atoms with Crippen molar-refractivity contribution >= 4 is 5.91 Å². The molecule has 0 aromatic rings. The molecule has 3 heteroatoms. The number of amides is 1. The standard InChI is InChI=1S/C15H23NO2/c1-2-6-12-9-13-10-18-15(16(13)14(12)17)11-7-4-3-5-8-11/h2,11-13,15H,1,3-10H2/t12-,13?,15?/m0/s1. The summed E-state index contributed by atoms with van der Waals surface area (Å²) < 4.78 is 5.94. The van der Waals surface area contributed by atoms with E-state index < -0.39 is 0 Å². The van der Waals surface area contributed by atoms with Gasteiger partial charge in [0, 0.05) is 11.8 Å². The summed E-state index contributed by atoms with van der Waals surface area (Å²) in [4.78, 5) is 14.5. The van der Waals surface area contributed by atoms with Crippen molar-refractivity contribution in [1.82, 2.24) is 4.90 Å². The number of allylic oxidation sites excluding steroid dienone is 1. The maximum atomic E-state index is 12.4. The van der Waals surface area contributed by atoms with Gasteiger partial charge in [-0.2, -0.15) is 0 Å². The molecule has 18 heavy (non-hydrogen) atoms. The van der Waals surface area contributed by atoms with Crippen LogP contribution in [-0.4, -0.2) is 29.7 Å². The van der Waals surface area contributed by atoms with E-state index in [1.165, 1.54) is 32.1 Å². The van der Waals surface area contributed by atoms with Crippen molar-refractivity contribution in [1.29, 1.82) is 0 Å². The van der Waals surface area contributed by atoms with Gasteiger partial charge in [-0.15, -0.1) is 6.58 Å². The first-order chi connectivity index (χ1) is 8.81. The van der Waals surface area contributed by atoms with Crippen LogP contribution in [0.15, 0.2) is 12.7 Å². The highest BCUT2D eigenvalue weighted by atomic mass is 16.5. The predicted octanol–water partition coefficient (Wildman–Crippen LogP) is 2.72. The molecule has 1 amide bonds. The molecule has 2 saturated heterocycles. The molecule has 3 nitrogen and oxygen atoms in total. The minimum atomic E-state index is 0.0811. The number of nitrogens with zero attached hydrogens (tertiary/aromatic N) is 1. The van der Waals surface area contributed by atoms with Gasteiger partial charge in [-0.05, 0) is 25.7 Å². The van der Waals surface area contributed by atoms with Crippen molar-refractivity contribution < 1.29 is 9.53 Å². The summed E-state index contributed by atoms with van der Waals surface area (Å²) in [5, 5.41) is 0. The zero-order valence-corrected chi connectivity index (χ0v) is 11.0. The van der Waals surface area contributed by atoms with E-state index in [4.69, 9.17) is 4.74 Å². The lowest BCUT2D eigenvalue weighted by molar-refractivity contribution is -0.140. The van der Waals surface area contributed by atoms with Crippen molar-refractivity contribution in [3.8, 4) is 0 Å². The van der Waals surface area contributed by atoms with Crippen LogP contribution in [0.1, 0.15) is 44.9 Å². The molecule has 0 radical (unpaired) electrons. The zero-order chi connectivity index (χ0) is 12.5. The van der Waals surface area contributed by atoms with E-state index in [1.54, 1.807) is 0 Å². The van der Waals surface area contributed by atoms with E-state index >= 15 is 0 Å². The molecule has 0 aromatic heterocycles. The predicted molar refractivity (Wildman–Crippen MR) is 69.9 cm³/mol. The second kappa shape index (κ2) is 5.04. The third-order valence-electron chi connectivity index (χ3n) is 4.79. The zero-order valence-electron chi connectivity index (χ0n) is 11.0. The van der Waals surface area contributed by atoms with Gasteiger partial charge in [0.05, 0.1) is 12.6 Å². The van der Waals surface area contributed by atoms with E-state index in [2.05, 4.69) is 11.5 Å². The van der Waals surface area contributed by atoms with Crippen LogP contribution >= 0.6 is 0 Å². The van der Waals surface area contributed by atoms with Gasteiger partial charge in [0.2, 0.25) is 5.91 Å². The summed E-state index contributed by atoms with van der Waals surface area (Å²) in [6, 6.07) is 0.342. The summed E-state index contributed by atoms with van der Waals surface area (Å²) in [5.74, 6) is 1.06. The molecule has 0 spiro atoms. The van der Waals surface area contributed by atoms with Crippen molar-refractivity contribution in [3.63, 3.8) is 0 Å². The Balaban J connectivity index is 1.70. The molecule has 0 N–H and O–H groups in total. The quantitative estimate of drug-likeness (QED) is 0.720. The van der Waals surface area contributed by atoms with Gasteiger partial charge in [-0.1, -0.05) is 25.3 Å². The van der Waals surface area contributed by atoms with Crippen LogP contribution in [0.4, 0.5) is 0 Å². The Morgan fingerprint density at radius 3 is 2.83 bits per heavy atom. The Bertz CT molecular complexity index is 335. The largest absolute Gasteiger partial charge is 0.356 e. The van der Waals surface area contributed by atoms with Crippen LogP contribution in [0.3, 0.4) is 0 Å². The number of fused-ring (bicyclic) bond motifs is 1. The van der Waals surface area contributed by atoms with Crippen LogP contribution in [0.5, 0.6) is 0 Å². The first kappa shape index (κ1) is 12.2. The Labute approximate surface area is 109 Å². The minimum Gasteiger partial charge on any atom is -0.356 e. The first-order valence-electron chi connectivity index (χ1n) is 7.36. The average Bonchev–Trinajstić information content (AvgIpc) is 2.93. The third-order valence-corrected chi connectivity index (χ3v) is 4.79. The smallest absolute Gasteiger partial charge is 0.228 e. The number of rotatable bonds is 3. The van der Waals surface area contributed by atoms with Crippen LogP contribution < -0.4 is 0 Å². The van der Waals surface area contributed by atoms with Gasteiger partial charge in [0.1, 0.15) is 6.23 Å².